The molecule has 0 fully saturated rings. The van der Waals surface area contributed by atoms with Gasteiger partial charge in [-0.3, -0.25) is 4.79 Å². The van der Waals surface area contributed by atoms with Crippen LogP contribution in [-0.4, -0.2) is 145 Å². The number of hydrogen-bond acceptors (Lipinski definition) is 12. The Kier molecular flexibility index (Phi) is 43.2. The average molecular weight is 697 g/mol. The summed E-state index contributed by atoms with van der Waals surface area (Å²) in [7, 11) is 0. The van der Waals surface area contributed by atoms with Crippen molar-refractivity contribution in [3.8, 4) is 0 Å². The first-order valence-electron chi connectivity index (χ1n) is 18.7. The average Bonchev–Trinajstić information content (AvgIpc) is 3.09. The molecule has 12 nitrogen and oxygen atoms in total. The molecule has 0 amide bonds. The maximum atomic E-state index is 11.6. The summed E-state index contributed by atoms with van der Waals surface area (Å²) in [5.74, 6) is -0.144. The highest BCUT2D eigenvalue weighted by Crippen LogP contribution is 2.06. The van der Waals surface area contributed by atoms with Gasteiger partial charge in [-0.15, -0.1) is 0 Å². The molecule has 0 heterocycles. The van der Waals surface area contributed by atoms with Gasteiger partial charge in [-0.1, -0.05) is 71.6 Å². The second-order valence-electron chi connectivity index (χ2n) is 11.3. The number of carbonyl (C=O) groups excluding carboxylic acids is 1. The maximum Gasteiger partial charge on any atom is 0.305 e. The quantitative estimate of drug-likeness (QED) is 0.0599. The molecule has 0 spiro atoms. The molecule has 0 N–H and O–H groups in total. The second-order valence-corrected chi connectivity index (χ2v) is 11.3. The van der Waals surface area contributed by atoms with Gasteiger partial charge in [0.25, 0.3) is 0 Å². The molecule has 0 aliphatic heterocycles. The zero-order valence-corrected chi connectivity index (χ0v) is 30.7. The normalized spacial score (nSPS) is 11.5. The maximum absolute atomic E-state index is 11.6. The van der Waals surface area contributed by atoms with E-state index >= 15 is 0 Å². The van der Waals surface area contributed by atoms with Gasteiger partial charge in [0.15, 0.2) is 0 Å². The van der Waals surface area contributed by atoms with Crippen LogP contribution in [0.15, 0.2) is 0 Å². The molecule has 12 heteroatoms. The van der Waals surface area contributed by atoms with Crippen LogP contribution in [-0.2, 0) is 56.9 Å². The minimum atomic E-state index is -0.144. The summed E-state index contributed by atoms with van der Waals surface area (Å²) in [5.41, 5.74) is 0. The standard InChI is InChI=1S/C36H72O12/c1-3-5-7-9-11-13-15-38-16-17-39-18-19-40-20-21-41-22-23-42-24-25-43-26-27-44-28-29-45-30-31-46-32-33-47-34-35-48-36(37)14-12-10-8-6-4-2/h3-35H2,1-2H3. The molecule has 0 aromatic carbocycles. The van der Waals surface area contributed by atoms with Crippen molar-refractivity contribution in [2.24, 2.45) is 0 Å². The topological polar surface area (TPSA) is 119 Å². The number of rotatable bonds is 43. The lowest BCUT2D eigenvalue weighted by Gasteiger charge is -2.09. The van der Waals surface area contributed by atoms with E-state index in [0.717, 1.165) is 25.9 Å². The van der Waals surface area contributed by atoms with Gasteiger partial charge in [0.2, 0.25) is 0 Å². The van der Waals surface area contributed by atoms with Gasteiger partial charge < -0.3 is 52.1 Å². The van der Waals surface area contributed by atoms with E-state index in [-0.39, 0.29) is 12.6 Å². The largest absolute Gasteiger partial charge is 0.463 e. The Labute approximate surface area is 292 Å². The lowest BCUT2D eigenvalue weighted by molar-refractivity contribution is -0.145. The number of ether oxygens (including phenoxy) is 11. The molecule has 0 bridgehead atoms. The SMILES string of the molecule is CCCCCCCCOCCOCCOCCOCCOCCOCCOCCOCCOCCOCCOC(=O)CCCCCCC. The molecule has 0 aliphatic rings. The number of unbranched alkanes of at least 4 members (excludes halogenated alkanes) is 9. The van der Waals surface area contributed by atoms with E-state index in [4.69, 9.17) is 52.1 Å². The van der Waals surface area contributed by atoms with Crippen LogP contribution in [0.1, 0.15) is 90.9 Å². The van der Waals surface area contributed by atoms with Crippen LogP contribution in [0.25, 0.3) is 0 Å². The molecule has 48 heavy (non-hydrogen) atoms. The van der Waals surface area contributed by atoms with Crippen LogP contribution >= 0.6 is 0 Å². The summed E-state index contributed by atoms with van der Waals surface area (Å²) >= 11 is 0. The van der Waals surface area contributed by atoms with Gasteiger partial charge >= 0.3 is 5.97 Å². The Balaban J connectivity index is 3.08. The van der Waals surface area contributed by atoms with Crippen molar-refractivity contribution in [3.63, 3.8) is 0 Å². The van der Waals surface area contributed by atoms with Gasteiger partial charge in [-0.05, 0) is 12.8 Å². The third kappa shape index (κ3) is 43.1. The summed E-state index contributed by atoms with van der Waals surface area (Å²) in [6, 6.07) is 0. The van der Waals surface area contributed by atoms with Crippen molar-refractivity contribution in [1.82, 2.24) is 0 Å². The lowest BCUT2D eigenvalue weighted by Crippen LogP contribution is -2.15. The predicted octanol–water partition coefficient (Wildman–Crippen LogP) is 5.42. The van der Waals surface area contributed by atoms with Crippen molar-refractivity contribution in [2.45, 2.75) is 90.9 Å². The van der Waals surface area contributed by atoms with E-state index in [9.17, 15) is 4.79 Å². The van der Waals surface area contributed by atoms with Gasteiger partial charge in [0.1, 0.15) is 6.61 Å². The molecular formula is C36H72O12. The Morgan fingerprint density at radius 2 is 0.542 bits per heavy atom. The molecule has 0 aliphatic carbocycles. The van der Waals surface area contributed by atoms with Gasteiger partial charge in [-0.2, -0.15) is 0 Å². The highest BCUT2D eigenvalue weighted by molar-refractivity contribution is 5.69. The Bertz CT molecular complexity index is 599. The molecule has 0 aromatic rings. The number of esters is 1. The van der Waals surface area contributed by atoms with E-state index < -0.39 is 0 Å². The van der Waals surface area contributed by atoms with Crippen molar-refractivity contribution in [1.29, 1.82) is 0 Å². The lowest BCUT2D eigenvalue weighted by atomic mass is 10.1. The third-order valence-electron chi connectivity index (χ3n) is 6.97. The first-order chi connectivity index (χ1) is 23.8. The highest BCUT2D eigenvalue weighted by atomic mass is 16.6. The van der Waals surface area contributed by atoms with Crippen molar-refractivity contribution in [3.05, 3.63) is 0 Å². The molecule has 0 atom stereocenters. The summed E-state index contributed by atoms with van der Waals surface area (Å²) < 4.78 is 60.1. The monoisotopic (exact) mass is 697 g/mol. The molecule has 0 aromatic heterocycles. The molecular weight excluding hydrogens is 624 g/mol. The fourth-order valence-corrected chi connectivity index (χ4v) is 4.23. The summed E-state index contributed by atoms with van der Waals surface area (Å²) in [4.78, 5) is 11.6. The smallest absolute Gasteiger partial charge is 0.305 e. The van der Waals surface area contributed by atoms with Crippen molar-refractivity contribution >= 4 is 5.97 Å². The van der Waals surface area contributed by atoms with E-state index in [1.165, 1.54) is 51.4 Å². The van der Waals surface area contributed by atoms with Crippen LogP contribution in [0.2, 0.25) is 0 Å². The third-order valence-corrected chi connectivity index (χ3v) is 6.97. The summed E-state index contributed by atoms with van der Waals surface area (Å²) in [6.45, 7) is 15.4. The van der Waals surface area contributed by atoms with E-state index in [1.807, 2.05) is 0 Å². The van der Waals surface area contributed by atoms with Gasteiger partial charge in [0.05, 0.1) is 126 Å². The van der Waals surface area contributed by atoms with Crippen molar-refractivity contribution < 1.29 is 56.9 Å². The zero-order chi connectivity index (χ0) is 34.7. The highest BCUT2D eigenvalue weighted by Gasteiger charge is 2.02. The van der Waals surface area contributed by atoms with E-state index in [2.05, 4.69) is 13.8 Å². The second kappa shape index (κ2) is 44.1. The first-order valence-corrected chi connectivity index (χ1v) is 18.7. The minimum Gasteiger partial charge on any atom is -0.463 e. The fourth-order valence-electron chi connectivity index (χ4n) is 4.23. The molecule has 0 rings (SSSR count). The molecule has 0 radical (unpaired) electrons. The zero-order valence-electron chi connectivity index (χ0n) is 30.7. The number of carbonyl (C=O) groups is 1. The molecule has 0 unspecified atom stereocenters. The Hall–Kier alpha value is -0.930. The molecule has 288 valence electrons. The van der Waals surface area contributed by atoms with Gasteiger partial charge in [-0.25, -0.2) is 0 Å². The van der Waals surface area contributed by atoms with Crippen LogP contribution < -0.4 is 0 Å². The van der Waals surface area contributed by atoms with E-state index in [0.29, 0.717) is 132 Å². The Morgan fingerprint density at radius 3 is 0.875 bits per heavy atom. The van der Waals surface area contributed by atoms with Crippen molar-refractivity contribution in [2.75, 3.05) is 139 Å². The first kappa shape index (κ1) is 47.1. The van der Waals surface area contributed by atoms with Crippen LogP contribution in [0.4, 0.5) is 0 Å². The Morgan fingerprint density at radius 1 is 0.292 bits per heavy atom. The minimum absolute atomic E-state index is 0.144. The van der Waals surface area contributed by atoms with E-state index in [1.54, 1.807) is 0 Å². The summed E-state index contributed by atoms with van der Waals surface area (Å²) in [6.07, 6.45) is 13.8. The molecule has 0 saturated carbocycles. The molecule has 0 saturated heterocycles. The van der Waals surface area contributed by atoms with Crippen LogP contribution in [0.5, 0.6) is 0 Å². The van der Waals surface area contributed by atoms with Crippen LogP contribution in [0, 0.1) is 0 Å². The summed E-state index contributed by atoms with van der Waals surface area (Å²) in [5, 5.41) is 0. The predicted molar refractivity (Wildman–Crippen MR) is 186 cm³/mol. The van der Waals surface area contributed by atoms with Gasteiger partial charge in [0, 0.05) is 13.0 Å². The van der Waals surface area contributed by atoms with Crippen LogP contribution in [0.3, 0.4) is 0 Å². The fraction of sp³-hybridized carbons (Fsp3) is 0.972. The number of hydrogen-bond donors (Lipinski definition) is 0.